The number of hydrogen-bond acceptors (Lipinski definition) is 10. The maximum Gasteiger partial charge on any atom is 0.298 e. The normalized spacial score (nSPS) is 21.5. The second-order valence-corrected chi connectivity index (χ2v) is 9.48. The maximum absolute atomic E-state index is 12.9. The highest BCUT2D eigenvalue weighted by Gasteiger charge is 2.31. The van der Waals surface area contributed by atoms with Crippen LogP contribution in [0, 0.1) is 0 Å². The summed E-state index contributed by atoms with van der Waals surface area (Å²) >= 11 is 1.58. The van der Waals surface area contributed by atoms with E-state index in [0.29, 0.717) is 50.3 Å². The number of amides is 1. The Balaban J connectivity index is 1.25. The van der Waals surface area contributed by atoms with Gasteiger partial charge in [0.2, 0.25) is 0 Å². The summed E-state index contributed by atoms with van der Waals surface area (Å²) in [5, 5.41) is 13.7. The lowest BCUT2D eigenvalue weighted by Crippen LogP contribution is -2.36. The number of oxazole rings is 1. The second-order valence-electron chi connectivity index (χ2n) is 8.47. The number of anilines is 3. The molecular formula is C21H24N6O4S. The van der Waals surface area contributed by atoms with Crippen LogP contribution in [-0.4, -0.2) is 71.5 Å². The number of aromatic nitrogens is 3. The van der Waals surface area contributed by atoms with Gasteiger partial charge in [-0.15, -0.1) is 0 Å². The van der Waals surface area contributed by atoms with Gasteiger partial charge in [-0.25, -0.2) is 4.98 Å². The summed E-state index contributed by atoms with van der Waals surface area (Å²) in [4.78, 5) is 30.9. The van der Waals surface area contributed by atoms with Crippen LogP contribution in [0.2, 0.25) is 0 Å². The Bertz CT molecular complexity index is 1150. The highest BCUT2D eigenvalue weighted by atomic mass is 32.1. The van der Waals surface area contributed by atoms with E-state index in [4.69, 9.17) is 19.1 Å². The number of hydrogen-bond donors (Lipinski definition) is 2. The molecule has 0 bridgehead atoms. The van der Waals surface area contributed by atoms with Crippen LogP contribution in [0.25, 0.3) is 10.3 Å². The van der Waals surface area contributed by atoms with E-state index in [9.17, 15) is 9.90 Å². The van der Waals surface area contributed by atoms with Crippen molar-refractivity contribution in [3.8, 4) is 0 Å². The number of morpholine rings is 1. The molecule has 3 aromatic heterocycles. The average Bonchev–Trinajstić information content (AvgIpc) is 3.19. The van der Waals surface area contributed by atoms with E-state index in [-0.39, 0.29) is 17.7 Å². The molecule has 32 heavy (non-hydrogen) atoms. The van der Waals surface area contributed by atoms with Gasteiger partial charge in [-0.1, -0.05) is 11.3 Å². The van der Waals surface area contributed by atoms with Gasteiger partial charge in [-0.05, 0) is 25.3 Å². The molecule has 0 spiro atoms. The lowest BCUT2D eigenvalue weighted by atomic mass is 10.2. The van der Waals surface area contributed by atoms with Crippen LogP contribution in [0.15, 0.2) is 16.7 Å². The summed E-state index contributed by atoms with van der Waals surface area (Å²) in [6.45, 7) is 4.17. The number of carbonyl (C=O) groups excluding carboxylic acids is 1. The van der Waals surface area contributed by atoms with Crippen molar-refractivity contribution in [2.45, 2.75) is 31.3 Å². The zero-order chi connectivity index (χ0) is 21.7. The molecule has 2 N–H and O–H groups in total. The third kappa shape index (κ3) is 3.80. The van der Waals surface area contributed by atoms with Gasteiger partial charge in [0.15, 0.2) is 16.5 Å². The van der Waals surface area contributed by atoms with E-state index in [0.717, 1.165) is 47.1 Å². The number of nitrogens with zero attached hydrogens (tertiary/aromatic N) is 5. The Kier molecular flexibility index (Phi) is 4.96. The van der Waals surface area contributed by atoms with Gasteiger partial charge in [0.25, 0.3) is 11.9 Å². The largest absolute Gasteiger partial charge is 0.431 e. The van der Waals surface area contributed by atoms with Gasteiger partial charge in [0.05, 0.1) is 35.4 Å². The minimum absolute atomic E-state index is 0.210. The van der Waals surface area contributed by atoms with E-state index in [1.54, 1.807) is 11.3 Å². The van der Waals surface area contributed by atoms with Gasteiger partial charge in [0, 0.05) is 32.1 Å². The third-order valence-corrected chi connectivity index (χ3v) is 7.11. The van der Waals surface area contributed by atoms with Gasteiger partial charge < -0.3 is 29.4 Å². The van der Waals surface area contributed by atoms with Crippen LogP contribution in [0.1, 0.15) is 41.4 Å². The number of β-amino-alcohol motifs (C(OH)–C–C–N with tert-alkyl or cyclic N) is 1. The molecule has 3 aromatic rings. The molecule has 2 saturated heterocycles. The van der Waals surface area contributed by atoms with E-state index >= 15 is 0 Å². The Morgan fingerprint density at radius 2 is 1.97 bits per heavy atom. The topological polar surface area (TPSA) is 117 Å². The van der Waals surface area contributed by atoms with E-state index in [1.807, 2.05) is 11.0 Å². The number of carbonyl (C=O) groups is 1. The molecule has 1 atom stereocenters. The Morgan fingerprint density at radius 3 is 2.72 bits per heavy atom. The fourth-order valence-corrected chi connectivity index (χ4v) is 5.14. The van der Waals surface area contributed by atoms with Crippen molar-refractivity contribution >= 4 is 44.4 Å². The summed E-state index contributed by atoms with van der Waals surface area (Å²) in [6.07, 6.45) is 3.77. The van der Waals surface area contributed by atoms with E-state index < -0.39 is 0 Å². The summed E-state index contributed by atoms with van der Waals surface area (Å²) in [5.41, 5.74) is 2.54. The van der Waals surface area contributed by atoms with Crippen LogP contribution in [-0.2, 0) is 4.74 Å². The van der Waals surface area contributed by atoms with Crippen molar-refractivity contribution in [2.24, 2.45) is 0 Å². The van der Waals surface area contributed by atoms with E-state index in [1.165, 1.54) is 6.26 Å². The van der Waals surface area contributed by atoms with Crippen molar-refractivity contribution in [3.05, 3.63) is 23.7 Å². The monoisotopic (exact) mass is 456 g/mol. The van der Waals surface area contributed by atoms with Crippen LogP contribution in [0.3, 0.4) is 0 Å². The molecule has 6 rings (SSSR count). The number of aliphatic hydroxyl groups excluding tert-OH is 1. The third-order valence-electron chi connectivity index (χ3n) is 6.05. The van der Waals surface area contributed by atoms with Gasteiger partial charge >= 0.3 is 0 Å². The molecule has 0 aromatic carbocycles. The number of pyridine rings is 1. The number of aliphatic hydroxyl groups is 1. The fourth-order valence-electron chi connectivity index (χ4n) is 4.14. The number of nitrogens with one attached hydrogen (secondary N) is 1. The summed E-state index contributed by atoms with van der Waals surface area (Å²) in [6, 6.07) is 2.34. The standard InChI is InChI=1S/C21H24N6O4S/c28-13-3-4-27(10-13)20-23-15(11-31-20)19(29)22-14-9-16-18(24-17(14)12-1-2-12)25-21(32-16)26-5-7-30-8-6-26/h9,11-13,28H,1-8,10H2,(H,22,29). The van der Waals surface area contributed by atoms with Gasteiger partial charge in [-0.3, -0.25) is 4.79 Å². The molecule has 1 aliphatic carbocycles. The van der Waals surface area contributed by atoms with Crippen LogP contribution >= 0.6 is 11.3 Å². The SMILES string of the molecule is O=C(Nc1cc2sc(N3CCOCC3)nc2nc1C1CC1)c1coc(N2CCC(O)C2)n1. The maximum atomic E-state index is 12.9. The number of thiazole rings is 1. The molecule has 3 aliphatic rings. The fraction of sp³-hybridized carbons (Fsp3) is 0.524. The van der Waals surface area contributed by atoms with Crippen molar-refractivity contribution in [1.82, 2.24) is 15.0 Å². The number of rotatable bonds is 5. The van der Waals surface area contributed by atoms with Crippen LogP contribution < -0.4 is 15.1 Å². The first kappa shape index (κ1) is 19.9. The smallest absolute Gasteiger partial charge is 0.298 e. The van der Waals surface area contributed by atoms with E-state index in [2.05, 4.69) is 15.2 Å². The Labute approximate surface area is 188 Å². The molecule has 1 saturated carbocycles. The minimum atomic E-state index is -0.389. The van der Waals surface area contributed by atoms with Crippen molar-refractivity contribution < 1.29 is 19.1 Å². The molecule has 2 aliphatic heterocycles. The second kappa shape index (κ2) is 7.98. The first-order valence-electron chi connectivity index (χ1n) is 11.0. The molecule has 3 fully saturated rings. The highest BCUT2D eigenvalue weighted by Crippen LogP contribution is 2.44. The molecule has 5 heterocycles. The predicted molar refractivity (Wildman–Crippen MR) is 120 cm³/mol. The molecule has 10 nitrogen and oxygen atoms in total. The molecule has 1 unspecified atom stereocenters. The highest BCUT2D eigenvalue weighted by molar-refractivity contribution is 7.22. The minimum Gasteiger partial charge on any atom is -0.431 e. The molecule has 1 amide bonds. The quantitative estimate of drug-likeness (QED) is 0.596. The van der Waals surface area contributed by atoms with Gasteiger partial charge in [-0.2, -0.15) is 9.97 Å². The lowest BCUT2D eigenvalue weighted by molar-refractivity contribution is 0.102. The Hall–Kier alpha value is -2.76. The zero-order valence-electron chi connectivity index (χ0n) is 17.5. The number of fused-ring (bicyclic) bond motifs is 1. The molecular weight excluding hydrogens is 432 g/mol. The lowest BCUT2D eigenvalue weighted by Gasteiger charge is -2.25. The predicted octanol–water partition coefficient (Wildman–Crippen LogP) is 2.22. The Morgan fingerprint density at radius 1 is 1.12 bits per heavy atom. The molecule has 11 heteroatoms. The molecule has 0 radical (unpaired) electrons. The zero-order valence-corrected chi connectivity index (χ0v) is 18.3. The number of ether oxygens (including phenoxy) is 1. The van der Waals surface area contributed by atoms with Crippen LogP contribution in [0.4, 0.5) is 16.8 Å². The summed E-state index contributed by atoms with van der Waals surface area (Å²) < 4.78 is 11.9. The first-order chi connectivity index (χ1) is 15.6. The summed E-state index contributed by atoms with van der Waals surface area (Å²) in [5.74, 6) is 0.0166. The van der Waals surface area contributed by atoms with Crippen molar-refractivity contribution in [2.75, 3.05) is 54.5 Å². The summed E-state index contributed by atoms with van der Waals surface area (Å²) in [7, 11) is 0. The first-order valence-corrected chi connectivity index (χ1v) is 11.8. The van der Waals surface area contributed by atoms with Crippen molar-refractivity contribution in [3.63, 3.8) is 0 Å². The molecule has 168 valence electrons. The van der Waals surface area contributed by atoms with Gasteiger partial charge in [0.1, 0.15) is 6.26 Å². The van der Waals surface area contributed by atoms with Crippen LogP contribution in [0.5, 0.6) is 0 Å². The van der Waals surface area contributed by atoms with Crippen molar-refractivity contribution in [1.29, 1.82) is 0 Å². The average molecular weight is 457 g/mol.